The van der Waals surface area contributed by atoms with Crippen LogP contribution in [0.15, 0.2) is 24.3 Å². The van der Waals surface area contributed by atoms with E-state index in [0.717, 1.165) is 0 Å². The topological polar surface area (TPSA) is 72.9 Å². The molecule has 130 valence electrons. The van der Waals surface area contributed by atoms with Crippen molar-refractivity contribution in [2.24, 2.45) is 0 Å². The summed E-state index contributed by atoms with van der Waals surface area (Å²) in [6, 6.07) is 0. The number of hydrogen-bond donors (Lipinski definition) is 0. The van der Waals surface area contributed by atoms with Crippen molar-refractivity contribution in [2.75, 3.05) is 20.2 Å². The minimum absolute atomic E-state index is 0.0468. The summed E-state index contributed by atoms with van der Waals surface area (Å²) in [5.41, 5.74) is 0.689. The van der Waals surface area contributed by atoms with Gasteiger partial charge in [-0.15, -0.1) is 0 Å². The van der Waals surface area contributed by atoms with Crippen molar-refractivity contribution in [3.05, 3.63) is 24.3 Å². The molecule has 0 rings (SSSR count). The number of hydrogen-bond acceptors (Lipinski definition) is 5. The third kappa shape index (κ3) is 9.50. The predicted octanol–water partition coefficient (Wildman–Crippen LogP) is 2.24. The number of amides is 1. The molecule has 0 aliphatic carbocycles. The Morgan fingerprint density at radius 3 is 2.13 bits per heavy atom. The Labute approximate surface area is 138 Å². The fourth-order valence-electron chi connectivity index (χ4n) is 1.67. The van der Waals surface area contributed by atoms with Gasteiger partial charge in [0.2, 0.25) is 5.91 Å². The molecule has 6 nitrogen and oxygen atoms in total. The van der Waals surface area contributed by atoms with E-state index >= 15 is 0 Å². The average Bonchev–Trinajstić information content (AvgIpc) is 2.45. The molecule has 0 N–H and O–H groups in total. The predicted molar refractivity (Wildman–Crippen MR) is 87.6 cm³/mol. The maximum Gasteiger partial charge on any atom is 0.333 e. The summed E-state index contributed by atoms with van der Waals surface area (Å²) in [5, 5.41) is 0. The molecular formula is C17H27NO5. The molecule has 23 heavy (non-hydrogen) atoms. The monoisotopic (exact) mass is 325 g/mol. The SMILES string of the molecule is C=C(C)C(=O)OCCCCC(=O)N(C)CC(C)OC(=O)C(=C)C. The van der Waals surface area contributed by atoms with E-state index in [1.54, 1.807) is 27.8 Å². The molecule has 0 bridgehead atoms. The molecule has 0 aromatic carbocycles. The number of rotatable bonds is 10. The second kappa shape index (κ2) is 10.6. The summed E-state index contributed by atoms with van der Waals surface area (Å²) in [7, 11) is 1.66. The first-order valence-electron chi connectivity index (χ1n) is 7.58. The standard InChI is InChI=1S/C17H27NO5/c1-12(2)16(20)22-10-8-7-9-15(19)18(6)11-14(5)23-17(21)13(3)4/h14H,1,3,7-11H2,2,4-6H3. The highest BCUT2D eigenvalue weighted by Crippen LogP contribution is 2.05. The quantitative estimate of drug-likeness (QED) is 0.350. The van der Waals surface area contributed by atoms with Gasteiger partial charge in [-0.2, -0.15) is 0 Å². The van der Waals surface area contributed by atoms with Crippen LogP contribution in [-0.4, -0.2) is 49.0 Å². The number of carbonyl (C=O) groups is 3. The zero-order valence-electron chi connectivity index (χ0n) is 14.5. The molecule has 1 atom stereocenters. The first-order valence-corrected chi connectivity index (χ1v) is 7.58. The average molecular weight is 325 g/mol. The van der Waals surface area contributed by atoms with E-state index in [4.69, 9.17) is 9.47 Å². The van der Waals surface area contributed by atoms with Gasteiger partial charge in [-0.05, 0) is 33.6 Å². The van der Waals surface area contributed by atoms with Gasteiger partial charge in [0.25, 0.3) is 0 Å². The number of ether oxygens (including phenoxy) is 2. The van der Waals surface area contributed by atoms with Crippen molar-refractivity contribution in [3.63, 3.8) is 0 Å². The van der Waals surface area contributed by atoms with Crippen LogP contribution in [0.5, 0.6) is 0 Å². The lowest BCUT2D eigenvalue weighted by Gasteiger charge is -2.22. The van der Waals surface area contributed by atoms with E-state index in [-0.39, 0.29) is 12.5 Å². The van der Waals surface area contributed by atoms with E-state index in [1.165, 1.54) is 4.90 Å². The van der Waals surface area contributed by atoms with Crippen LogP contribution in [0.1, 0.15) is 40.0 Å². The van der Waals surface area contributed by atoms with Crippen molar-refractivity contribution < 1.29 is 23.9 Å². The largest absolute Gasteiger partial charge is 0.462 e. The number of nitrogens with zero attached hydrogens (tertiary/aromatic N) is 1. The molecular weight excluding hydrogens is 298 g/mol. The van der Waals surface area contributed by atoms with Crippen LogP contribution in [-0.2, 0) is 23.9 Å². The Hall–Kier alpha value is -2.11. The molecule has 0 aliphatic heterocycles. The van der Waals surface area contributed by atoms with Crippen LogP contribution in [0.25, 0.3) is 0 Å². The van der Waals surface area contributed by atoms with E-state index in [2.05, 4.69) is 13.2 Å². The fraction of sp³-hybridized carbons (Fsp3) is 0.588. The van der Waals surface area contributed by atoms with E-state index in [1.807, 2.05) is 0 Å². The lowest BCUT2D eigenvalue weighted by Crippen LogP contribution is -2.35. The van der Waals surface area contributed by atoms with Crippen LogP contribution >= 0.6 is 0 Å². The minimum Gasteiger partial charge on any atom is -0.462 e. The van der Waals surface area contributed by atoms with Crippen LogP contribution in [0.4, 0.5) is 0 Å². The zero-order chi connectivity index (χ0) is 18.0. The van der Waals surface area contributed by atoms with Gasteiger partial charge < -0.3 is 14.4 Å². The first kappa shape index (κ1) is 20.9. The van der Waals surface area contributed by atoms with Gasteiger partial charge in [0, 0.05) is 24.6 Å². The van der Waals surface area contributed by atoms with E-state index in [0.29, 0.717) is 37.0 Å². The van der Waals surface area contributed by atoms with Gasteiger partial charge >= 0.3 is 11.9 Å². The summed E-state index contributed by atoms with van der Waals surface area (Å²) in [4.78, 5) is 36.0. The molecule has 0 aromatic heterocycles. The second-order valence-corrected chi connectivity index (χ2v) is 5.64. The molecule has 0 heterocycles. The molecule has 0 aromatic rings. The normalized spacial score (nSPS) is 11.3. The van der Waals surface area contributed by atoms with Crippen molar-refractivity contribution >= 4 is 17.8 Å². The first-order chi connectivity index (χ1) is 10.6. The van der Waals surface area contributed by atoms with Crippen molar-refractivity contribution in [3.8, 4) is 0 Å². The summed E-state index contributed by atoms with van der Waals surface area (Å²) >= 11 is 0. The smallest absolute Gasteiger partial charge is 0.333 e. The number of likely N-dealkylation sites (N-methyl/N-ethyl adjacent to an activating group) is 1. The van der Waals surface area contributed by atoms with Crippen molar-refractivity contribution in [1.29, 1.82) is 0 Å². The molecule has 0 saturated heterocycles. The maximum absolute atomic E-state index is 11.9. The molecule has 0 spiro atoms. The molecule has 1 amide bonds. The molecule has 0 radical (unpaired) electrons. The maximum atomic E-state index is 11.9. The lowest BCUT2D eigenvalue weighted by atomic mass is 10.2. The van der Waals surface area contributed by atoms with Gasteiger partial charge in [-0.25, -0.2) is 9.59 Å². The van der Waals surface area contributed by atoms with Gasteiger partial charge in [-0.1, -0.05) is 13.2 Å². The highest BCUT2D eigenvalue weighted by Gasteiger charge is 2.15. The van der Waals surface area contributed by atoms with Gasteiger partial charge in [0.05, 0.1) is 13.2 Å². The lowest BCUT2D eigenvalue weighted by molar-refractivity contribution is -0.146. The van der Waals surface area contributed by atoms with Crippen molar-refractivity contribution in [2.45, 2.75) is 46.1 Å². The highest BCUT2D eigenvalue weighted by molar-refractivity contribution is 5.87. The van der Waals surface area contributed by atoms with Crippen molar-refractivity contribution in [1.82, 2.24) is 4.90 Å². The van der Waals surface area contributed by atoms with Crippen LogP contribution in [0, 0.1) is 0 Å². The van der Waals surface area contributed by atoms with Gasteiger partial charge in [-0.3, -0.25) is 4.79 Å². The summed E-state index contributed by atoms with van der Waals surface area (Å²) < 4.78 is 10.1. The van der Waals surface area contributed by atoms with Gasteiger partial charge in [0.1, 0.15) is 6.10 Å². The second-order valence-electron chi connectivity index (χ2n) is 5.64. The Morgan fingerprint density at radius 2 is 1.61 bits per heavy atom. The third-order valence-corrected chi connectivity index (χ3v) is 2.98. The fourth-order valence-corrected chi connectivity index (χ4v) is 1.67. The van der Waals surface area contributed by atoms with E-state index in [9.17, 15) is 14.4 Å². The minimum atomic E-state index is -0.460. The number of esters is 2. The zero-order valence-corrected chi connectivity index (χ0v) is 14.5. The van der Waals surface area contributed by atoms with Crippen LogP contribution < -0.4 is 0 Å². The molecule has 0 saturated carbocycles. The Morgan fingerprint density at radius 1 is 1.04 bits per heavy atom. The van der Waals surface area contributed by atoms with Crippen LogP contribution in [0.3, 0.4) is 0 Å². The van der Waals surface area contributed by atoms with E-state index < -0.39 is 18.0 Å². The summed E-state index contributed by atoms with van der Waals surface area (Å²) in [6.07, 6.45) is 1.18. The number of carbonyl (C=O) groups excluding carboxylic acids is 3. The molecule has 6 heteroatoms. The Balaban J connectivity index is 3.94. The number of unbranched alkanes of at least 4 members (excludes halogenated alkanes) is 1. The Bertz CT molecular complexity index is 470. The highest BCUT2D eigenvalue weighted by atomic mass is 16.5. The summed E-state index contributed by atoms with van der Waals surface area (Å²) in [5.74, 6) is -0.922. The molecule has 1 unspecified atom stereocenters. The summed E-state index contributed by atoms with van der Waals surface area (Å²) in [6.45, 7) is 12.5. The van der Waals surface area contributed by atoms with Gasteiger partial charge in [0.15, 0.2) is 0 Å². The molecule has 0 fully saturated rings. The third-order valence-electron chi connectivity index (χ3n) is 2.98. The Kier molecular flexibility index (Phi) is 9.62. The molecule has 0 aliphatic rings. The van der Waals surface area contributed by atoms with Crippen LogP contribution in [0.2, 0.25) is 0 Å².